The van der Waals surface area contributed by atoms with Gasteiger partial charge in [0.1, 0.15) is 5.82 Å². The fourth-order valence-corrected chi connectivity index (χ4v) is 3.62. The standard InChI is InChI=1S/C16H19N7OS/c1-11-10-25-16(17-11)18-15(24)7-6-13-20-19-12-4-5-14(21-23(12)13)22-8-2-3-9-22/h4-5,10H,2-3,6-9H2,1H3,(H,17,18,24). The van der Waals surface area contributed by atoms with Gasteiger partial charge in [0, 0.05) is 31.3 Å². The van der Waals surface area contributed by atoms with Crippen molar-refractivity contribution >= 4 is 33.8 Å². The lowest BCUT2D eigenvalue weighted by Gasteiger charge is -2.15. The third-order valence-electron chi connectivity index (χ3n) is 4.18. The van der Waals surface area contributed by atoms with Gasteiger partial charge >= 0.3 is 0 Å². The normalized spacial score (nSPS) is 14.4. The van der Waals surface area contributed by atoms with Crippen LogP contribution in [0, 0.1) is 6.92 Å². The predicted octanol–water partition coefficient (Wildman–Crippen LogP) is 2.06. The summed E-state index contributed by atoms with van der Waals surface area (Å²) in [4.78, 5) is 18.6. The largest absolute Gasteiger partial charge is 0.355 e. The van der Waals surface area contributed by atoms with Crippen molar-refractivity contribution in [3.8, 4) is 0 Å². The first-order valence-corrected chi connectivity index (χ1v) is 9.25. The Labute approximate surface area is 148 Å². The average molecular weight is 357 g/mol. The molecule has 25 heavy (non-hydrogen) atoms. The number of nitrogens with one attached hydrogen (secondary N) is 1. The van der Waals surface area contributed by atoms with Crippen LogP contribution in [0.4, 0.5) is 10.9 Å². The van der Waals surface area contributed by atoms with Crippen LogP contribution in [0.1, 0.15) is 30.8 Å². The molecular formula is C16H19N7OS. The maximum Gasteiger partial charge on any atom is 0.226 e. The number of anilines is 2. The Morgan fingerprint density at radius 2 is 2.12 bits per heavy atom. The van der Waals surface area contributed by atoms with E-state index in [1.165, 1.54) is 24.2 Å². The zero-order chi connectivity index (χ0) is 17.2. The lowest BCUT2D eigenvalue weighted by atomic mass is 10.3. The van der Waals surface area contributed by atoms with Crippen LogP contribution in [0.5, 0.6) is 0 Å². The summed E-state index contributed by atoms with van der Waals surface area (Å²) in [6.45, 7) is 3.97. The minimum Gasteiger partial charge on any atom is -0.355 e. The Morgan fingerprint density at radius 1 is 1.28 bits per heavy atom. The highest BCUT2D eigenvalue weighted by Crippen LogP contribution is 2.18. The monoisotopic (exact) mass is 357 g/mol. The van der Waals surface area contributed by atoms with Crippen molar-refractivity contribution in [3.63, 3.8) is 0 Å². The van der Waals surface area contributed by atoms with E-state index in [1.54, 1.807) is 4.52 Å². The smallest absolute Gasteiger partial charge is 0.226 e. The molecular weight excluding hydrogens is 338 g/mol. The third kappa shape index (κ3) is 3.46. The number of aryl methyl sites for hydroxylation is 2. The topological polar surface area (TPSA) is 88.3 Å². The fraction of sp³-hybridized carbons (Fsp3) is 0.438. The predicted molar refractivity (Wildman–Crippen MR) is 96.0 cm³/mol. The summed E-state index contributed by atoms with van der Waals surface area (Å²) in [5, 5.41) is 18.3. The van der Waals surface area contributed by atoms with Crippen molar-refractivity contribution < 1.29 is 4.79 Å². The molecule has 1 aliphatic rings. The van der Waals surface area contributed by atoms with Crippen LogP contribution in [0.15, 0.2) is 17.5 Å². The quantitative estimate of drug-likeness (QED) is 0.752. The molecule has 130 valence electrons. The Balaban J connectivity index is 1.45. The number of thiazole rings is 1. The highest BCUT2D eigenvalue weighted by molar-refractivity contribution is 7.13. The molecule has 0 unspecified atom stereocenters. The first kappa shape index (κ1) is 15.9. The third-order valence-corrected chi connectivity index (χ3v) is 5.06. The van der Waals surface area contributed by atoms with Gasteiger partial charge in [-0.1, -0.05) is 0 Å². The van der Waals surface area contributed by atoms with E-state index >= 15 is 0 Å². The maximum atomic E-state index is 12.1. The van der Waals surface area contributed by atoms with Crippen molar-refractivity contribution in [3.05, 3.63) is 29.0 Å². The number of hydrogen-bond acceptors (Lipinski definition) is 7. The molecule has 0 aromatic carbocycles. The first-order valence-electron chi connectivity index (χ1n) is 8.37. The Kier molecular flexibility index (Phi) is 4.31. The Bertz CT molecular complexity index is 897. The maximum absolute atomic E-state index is 12.1. The lowest BCUT2D eigenvalue weighted by molar-refractivity contribution is -0.116. The molecule has 3 aromatic rings. The van der Waals surface area contributed by atoms with Gasteiger partial charge in [-0.3, -0.25) is 4.79 Å². The summed E-state index contributed by atoms with van der Waals surface area (Å²) in [6, 6.07) is 3.91. The van der Waals surface area contributed by atoms with E-state index in [2.05, 4.69) is 30.5 Å². The van der Waals surface area contributed by atoms with Crippen molar-refractivity contribution in [1.82, 2.24) is 24.8 Å². The summed E-state index contributed by atoms with van der Waals surface area (Å²) in [6.07, 6.45) is 3.19. The van der Waals surface area contributed by atoms with Gasteiger partial charge in [0.2, 0.25) is 5.91 Å². The van der Waals surface area contributed by atoms with E-state index in [9.17, 15) is 4.79 Å². The number of nitrogens with zero attached hydrogens (tertiary/aromatic N) is 6. The number of carbonyl (C=O) groups is 1. The average Bonchev–Trinajstić information content (AvgIpc) is 3.33. The number of aromatic nitrogens is 5. The second-order valence-corrected chi connectivity index (χ2v) is 6.97. The van der Waals surface area contributed by atoms with Crippen LogP contribution in [0.3, 0.4) is 0 Å². The zero-order valence-electron chi connectivity index (χ0n) is 14.0. The van der Waals surface area contributed by atoms with Crippen molar-refractivity contribution in [2.75, 3.05) is 23.3 Å². The second kappa shape index (κ2) is 6.75. The summed E-state index contributed by atoms with van der Waals surface area (Å²) in [7, 11) is 0. The van der Waals surface area contributed by atoms with E-state index in [0.29, 0.717) is 29.4 Å². The molecule has 1 N–H and O–H groups in total. The van der Waals surface area contributed by atoms with Gasteiger partial charge in [-0.25, -0.2) is 4.98 Å². The van der Waals surface area contributed by atoms with Crippen molar-refractivity contribution in [2.24, 2.45) is 0 Å². The zero-order valence-corrected chi connectivity index (χ0v) is 14.8. The molecule has 1 aliphatic heterocycles. The van der Waals surface area contributed by atoms with Gasteiger partial charge in [0.15, 0.2) is 16.6 Å². The Hall–Kier alpha value is -2.55. The van der Waals surface area contributed by atoms with Gasteiger partial charge in [-0.15, -0.1) is 26.6 Å². The van der Waals surface area contributed by atoms with Gasteiger partial charge in [0.25, 0.3) is 0 Å². The van der Waals surface area contributed by atoms with Gasteiger partial charge in [0.05, 0.1) is 5.69 Å². The van der Waals surface area contributed by atoms with E-state index < -0.39 is 0 Å². The highest BCUT2D eigenvalue weighted by Gasteiger charge is 2.16. The summed E-state index contributed by atoms with van der Waals surface area (Å²) in [5.74, 6) is 1.55. The molecule has 3 aromatic heterocycles. The number of hydrogen-bond donors (Lipinski definition) is 1. The fourth-order valence-electron chi connectivity index (χ4n) is 2.91. The van der Waals surface area contributed by atoms with Crippen LogP contribution in [-0.4, -0.2) is 43.8 Å². The molecule has 1 fully saturated rings. The second-order valence-electron chi connectivity index (χ2n) is 6.11. The van der Waals surface area contributed by atoms with Crippen LogP contribution in [0.25, 0.3) is 5.65 Å². The van der Waals surface area contributed by atoms with Crippen LogP contribution in [0.2, 0.25) is 0 Å². The minimum atomic E-state index is -0.0817. The number of amides is 1. The summed E-state index contributed by atoms with van der Waals surface area (Å²) < 4.78 is 1.74. The van der Waals surface area contributed by atoms with E-state index in [4.69, 9.17) is 0 Å². The number of carbonyl (C=O) groups excluding carboxylic acids is 1. The van der Waals surface area contributed by atoms with Crippen LogP contribution < -0.4 is 10.2 Å². The highest BCUT2D eigenvalue weighted by atomic mass is 32.1. The lowest BCUT2D eigenvalue weighted by Crippen LogP contribution is -2.20. The Morgan fingerprint density at radius 3 is 2.88 bits per heavy atom. The molecule has 4 heterocycles. The van der Waals surface area contributed by atoms with Crippen LogP contribution >= 0.6 is 11.3 Å². The van der Waals surface area contributed by atoms with Crippen molar-refractivity contribution in [1.29, 1.82) is 0 Å². The van der Waals surface area contributed by atoms with E-state index in [0.717, 1.165) is 24.6 Å². The molecule has 0 bridgehead atoms. The molecule has 0 aliphatic carbocycles. The molecule has 0 radical (unpaired) electrons. The molecule has 9 heteroatoms. The molecule has 4 rings (SSSR count). The van der Waals surface area contributed by atoms with Crippen LogP contribution in [-0.2, 0) is 11.2 Å². The van der Waals surface area contributed by atoms with Crippen molar-refractivity contribution in [2.45, 2.75) is 32.6 Å². The van der Waals surface area contributed by atoms with E-state index in [-0.39, 0.29) is 5.91 Å². The molecule has 1 amide bonds. The SMILES string of the molecule is Cc1csc(NC(=O)CCc2nnc3ccc(N4CCCC4)nn23)n1. The molecule has 0 atom stereocenters. The van der Waals surface area contributed by atoms with Gasteiger partial charge in [-0.05, 0) is 31.9 Å². The van der Waals surface area contributed by atoms with Gasteiger partial charge < -0.3 is 10.2 Å². The molecule has 1 saturated heterocycles. The molecule has 8 nitrogen and oxygen atoms in total. The number of fused-ring (bicyclic) bond motifs is 1. The molecule has 0 saturated carbocycles. The minimum absolute atomic E-state index is 0.0817. The van der Waals surface area contributed by atoms with Gasteiger partial charge in [-0.2, -0.15) is 4.52 Å². The first-order chi connectivity index (χ1) is 12.2. The summed E-state index contributed by atoms with van der Waals surface area (Å²) in [5.41, 5.74) is 1.61. The van der Waals surface area contributed by atoms with E-state index in [1.807, 2.05) is 24.4 Å². The summed E-state index contributed by atoms with van der Waals surface area (Å²) >= 11 is 1.43. The number of rotatable bonds is 5. The molecule has 0 spiro atoms.